The van der Waals surface area contributed by atoms with E-state index < -0.39 is 6.36 Å². The normalized spacial score (nSPS) is 11.4. The van der Waals surface area contributed by atoms with Crippen molar-refractivity contribution in [2.45, 2.75) is 19.8 Å². The number of anilines is 1. The predicted octanol–water partition coefficient (Wildman–Crippen LogP) is 3.98. The van der Waals surface area contributed by atoms with Crippen molar-refractivity contribution in [1.82, 2.24) is 4.90 Å². The first-order chi connectivity index (χ1) is 13.3. The largest absolute Gasteiger partial charge is 0.573 e. The predicted molar refractivity (Wildman–Crippen MR) is 116 cm³/mol. The Kier molecular flexibility index (Phi) is 9.72. The number of rotatable bonds is 7. The Bertz CT molecular complexity index is 799. The molecular formula is C19H22F3IN4O2. The van der Waals surface area contributed by atoms with Gasteiger partial charge in [0.15, 0.2) is 5.96 Å². The van der Waals surface area contributed by atoms with Gasteiger partial charge in [0.1, 0.15) is 12.3 Å². The van der Waals surface area contributed by atoms with Crippen LogP contribution in [-0.2, 0) is 11.3 Å². The van der Waals surface area contributed by atoms with Crippen LogP contribution in [0, 0.1) is 0 Å². The Morgan fingerprint density at radius 2 is 1.76 bits per heavy atom. The molecule has 0 atom stereocenters. The second-order valence-corrected chi connectivity index (χ2v) is 5.79. The van der Waals surface area contributed by atoms with E-state index in [1.165, 1.54) is 12.1 Å². The van der Waals surface area contributed by atoms with Crippen molar-refractivity contribution in [3.8, 4) is 5.75 Å². The van der Waals surface area contributed by atoms with Gasteiger partial charge in [-0.1, -0.05) is 30.3 Å². The molecule has 0 spiro atoms. The van der Waals surface area contributed by atoms with Crippen molar-refractivity contribution < 1.29 is 22.7 Å². The first kappa shape index (κ1) is 24.5. The Labute approximate surface area is 184 Å². The molecule has 0 aliphatic heterocycles. The van der Waals surface area contributed by atoms with E-state index in [1.54, 1.807) is 4.90 Å². The van der Waals surface area contributed by atoms with Gasteiger partial charge >= 0.3 is 6.36 Å². The van der Waals surface area contributed by atoms with Crippen LogP contribution in [0.1, 0.15) is 12.5 Å². The van der Waals surface area contributed by atoms with Crippen molar-refractivity contribution >= 4 is 41.5 Å². The van der Waals surface area contributed by atoms with E-state index in [4.69, 9.17) is 5.73 Å². The van der Waals surface area contributed by atoms with Gasteiger partial charge in [0.2, 0.25) is 5.91 Å². The fourth-order valence-electron chi connectivity index (χ4n) is 2.36. The molecule has 6 nitrogen and oxygen atoms in total. The fourth-order valence-corrected chi connectivity index (χ4v) is 2.36. The van der Waals surface area contributed by atoms with E-state index in [-0.39, 0.29) is 48.1 Å². The fraction of sp³-hybridized carbons (Fsp3) is 0.263. The van der Waals surface area contributed by atoms with Crippen molar-refractivity contribution in [3.63, 3.8) is 0 Å². The minimum absolute atomic E-state index is 0. The highest BCUT2D eigenvalue weighted by Gasteiger charge is 2.30. The van der Waals surface area contributed by atoms with Crippen LogP contribution in [0.4, 0.5) is 18.9 Å². The smallest absolute Gasteiger partial charge is 0.406 e. The molecule has 1 amide bonds. The van der Waals surface area contributed by atoms with Gasteiger partial charge in [0.05, 0.1) is 0 Å². The number of likely N-dealkylation sites (N-methyl/N-ethyl adjacent to an activating group) is 1. The number of carbonyl (C=O) groups is 1. The number of hydrogen-bond donors (Lipinski definition) is 2. The summed E-state index contributed by atoms with van der Waals surface area (Å²) >= 11 is 0. The quantitative estimate of drug-likeness (QED) is 0.328. The lowest BCUT2D eigenvalue weighted by Crippen LogP contribution is -2.33. The second kappa shape index (κ2) is 11.5. The first-order valence-electron chi connectivity index (χ1n) is 8.51. The molecule has 0 saturated carbocycles. The van der Waals surface area contributed by atoms with Crippen LogP contribution in [-0.4, -0.2) is 36.2 Å². The van der Waals surface area contributed by atoms with Crippen LogP contribution < -0.4 is 15.8 Å². The summed E-state index contributed by atoms with van der Waals surface area (Å²) in [6, 6.07) is 14.6. The molecule has 29 heavy (non-hydrogen) atoms. The molecule has 2 aromatic carbocycles. The van der Waals surface area contributed by atoms with Gasteiger partial charge in [-0.2, -0.15) is 0 Å². The van der Waals surface area contributed by atoms with Crippen molar-refractivity contribution in [3.05, 3.63) is 60.2 Å². The SMILES string of the molecule is CCN(Cc1ccccc1)C(=O)CN=C(N)Nc1ccc(OC(F)(F)F)cc1.I. The molecule has 0 aromatic heterocycles. The summed E-state index contributed by atoms with van der Waals surface area (Å²) in [5.41, 5.74) is 7.17. The maximum Gasteiger partial charge on any atom is 0.573 e. The zero-order valence-corrected chi connectivity index (χ0v) is 18.0. The van der Waals surface area contributed by atoms with Gasteiger partial charge in [-0.25, -0.2) is 4.99 Å². The molecule has 0 aliphatic carbocycles. The highest BCUT2D eigenvalue weighted by Crippen LogP contribution is 2.23. The van der Waals surface area contributed by atoms with Crippen molar-refractivity contribution in [2.24, 2.45) is 10.7 Å². The van der Waals surface area contributed by atoms with E-state index in [1.807, 2.05) is 37.3 Å². The average molecular weight is 522 g/mol. The molecule has 0 fully saturated rings. The summed E-state index contributed by atoms with van der Waals surface area (Å²) in [5, 5.41) is 2.71. The third-order valence-corrected chi connectivity index (χ3v) is 3.70. The number of ether oxygens (including phenoxy) is 1. The zero-order chi connectivity index (χ0) is 20.6. The summed E-state index contributed by atoms with van der Waals surface area (Å²) in [4.78, 5) is 18.0. The maximum atomic E-state index is 12.3. The van der Waals surface area contributed by atoms with Crippen LogP contribution in [0.3, 0.4) is 0 Å². The summed E-state index contributed by atoms with van der Waals surface area (Å²) < 4.78 is 40.2. The molecule has 0 radical (unpaired) electrons. The number of nitrogens with one attached hydrogen (secondary N) is 1. The third kappa shape index (κ3) is 9.03. The molecule has 0 unspecified atom stereocenters. The number of aliphatic imine (C=N–C) groups is 1. The van der Waals surface area contributed by atoms with E-state index in [2.05, 4.69) is 15.0 Å². The maximum absolute atomic E-state index is 12.3. The van der Waals surface area contributed by atoms with Crippen LogP contribution >= 0.6 is 24.0 Å². The Balaban J connectivity index is 0.00000420. The molecule has 0 bridgehead atoms. The number of carbonyl (C=O) groups excluding carboxylic acids is 1. The number of alkyl halides is 3. The Morgan fingerprint density at radius 1 is 1.14 bits per heavy atom. The lowest BCUT2D eigenvalue weighted by Gasteiger charge is -2.20. The van der Waals surface area contributed by atoms with Gasteiger partial charge in [-0.05, 0) is 36.8 Å². The summed E-state index contributed by atoms with van der Waals surface area (Å²) in [7, 11) is 0. The lowest BCUT2D eigenvalue weighted by atomic mass is 10.2. The topological polar surface area (TPSA) is 80.0 Å². The minimum Gasteiger partial charge on any atom is -0.406 e. The zero-order valence-electron chi connectivity index (χ0n) is 15.6. The minimum atomic E-state index is -4.75. The van der Waals surface area contributed by atoms with Crippen LogP contribution in [0.5, 0.6) is 5.75 Å². The van der Waals surface area contributed by atoms with E-state index in [0.29, 0.717) is 18.8 Å². The number of nitrogens with zero attached hydrogens (tertiary/aromatic N) is 2. The molecular weight excluding hydrogens is 500 g/mol. The van der Waals surface area contributed by atoms with Gasteiger partial charge in [-0.15, -0.1) is 37.1 Å². The Hall–Kier alpha value is -2.50. The molecule has 10 heteroatoms. The van der Waals surface area contributed by atoms with Gasteiger partial charge in [0.25, 0.3) is 0 Å². The van der Waals surface area contributed by atoms with E-state index >= 15 is 0 Å². The van der Waals surface area contributed by atoms with E-state index in [9.17, 15) is 18.0 Å². The average Bonchev–Trinajstić information content (AvgIpc) is 2.65. The Morgan fingerprint density at radius 3 is 2.31 bits per heavy atom. The summed E-state index contributed by atoms with van der Waals surface area (Å²) in [6.45, 7) is 2.72. The molecule has 0 aliphatic rings. The van der Waals surface area contributed by atoms with Gasteiger partial charge < -0.3 is 20.7 Å². The molecule has 158 valence electrons. The molecule has 3 N–H and O–H groups in total. The number of halogens is 4. The molecule has 0 saturated heterocycles. The number of benzene rings is 2. The lowest BCUT2D eigenvalue weighted by molar-refractivity contribution is -0.274. The molecule has 2 rings (SSSR count). The number of hydrogen-bond acceptors (Lipinski definition) is 3. The summed E-state index contributed by atoms with van der Waals surface area (Å²) in [5.74, 6) is -0.554. The number of guanidine groups is 1. The first-order valence-corrected chi connectivity index (χ1v) is 8.51. The van der Waals surface area contributed by atoms with Crippen LogP contribution in [0.15, 0.2) is 59.6 Å². The standard InChI is InChI=1S/C19H21F3N4O2.HI/c1-2-26(13-14-6-4-3-5-7-14)17(27)12-24-18(23)25-15-8-10-16(11-9-15)28-19(20,21)22;/h3-11H,2,12-13H2,1H3,(H3,23,24,25);1H. The number of nitrogens with two attached hydrogens (primary N) is 1. The second-order valence-electron chi connectivity index (χ2n) is 5.79. The monoisotopic (exact) mass is 522 g/mol. The van der Waals surface area contributed by atoms with Crippen LogP contribution in [0.25, 0.3) is 0 Å². The summed E-state index contributed by atoms with van der Waals surface area (Å²) in [6.07, 6.45) is -4.75. The molecule has 2 aromatic rings. The van der Waals surface area contributed by atoms with Gasteiger partial charge in [-0.3, -0.25) is 4.79 Å². The number of amides is 1. The highest BCUT2D eigenvalue weighted by atomic mass is 127. The third-order valence-electron chi connectivity index (χ3n) is 3.70. The van der Waals surface area contributed by atoms with E-state index in [0.717, 1.165) is 17.7 Å². The van der Waals surface area contributed by atoms with Crippen LogP contribution in [0.2, 0.25) is 0 Å². The van der Waals surface area contributed by atoms with Crippen molar-refractivity contribution in [2.75, 3.05) is 18.4 Å². The molecule has 0 heterocycles. The van der Waals surface area contributed by atoms with Crippen molar-refractivity contribution in [1.29, 1.82) is 0 Å². The highest BCUT2D eigenvalue weighted by molar-refractivity contribution is 14.0. The van der Waals surface area contributed by atoms with Gasteiger partial charge in [0, 0.05) is 18.8 Å².